The van der Waals surface area contributed by atoms with Crippen molar-refractivity contribution in [3.05, 3.63) is 37.7 Å². The van der Waals surface area contributed by atoms with Crippen molar-refractivity contribution < 1.29 is 0 Å². The minimum atomic E-state index is -0.229. The Hall–Kier alpha value is -1.69. The fraction of sp³-hybridized carbons (Fsp3) is 0.300. The number of nitrogens with one attached hydrogen (secondary N) is 1. The fourth-order valence-corrected chi connectivity index (χ4v) is 2.34. The third-order valence-electron chi connectivity index (χ3n) is 2.22. The number of rotatable bonds is 2. The number of anilines is 1. The molecule has 0 bridgehead atoms. The van der Waals surface area contributed by atoms with E-state index in [1.54, 1.807) is 11.3 Å². The Labute approximate surface area is 96.4 Å². The quantitative estimate of drug-likeness (QED) is 0.815. The number of nitrogen functional groups attached to an aromatic ring is 1. The average molecular weight is 236 g/mol. The van der Waals surface area contributed by atoms with Crippen LogP contribution in [0.5, 0.6) is 0 Å². The highest BCUT2D eigenvalue weighted by atomic mass is 32.1. The zero-order valence-corrected chi connectivity index (χ0v) is 9.89. The Morgan fingerprint density at radius 2 is 2.19 bits per heavy atom. The van der Waals surface area contributed by atoms with Crippen LogP contribution in [-0.2, 0) is 6.42 Å². The third-order valence-corrected chi connectivity index (χ3v) is 3.29. The van der Waals surface area contributed by atoms with Gasteiger partial charge in [-0.05, 0) is 13.8 Å². The number of hydrogen-bond acceptors (Lipinski definition) is 5. The van der Waals surface area contributed by atoms with E-state index >= 15 is 0 Å². The van der Waals surface area contributed by atoms with Gasteiger partial charge in [-0.25, -0.2) is 9.97 Å². The standard InChI is InChI=1S/C10H12N4OS/c1-5-6(2)16-9(12-5)4-7-3-8(15)14-10(11)13-7/h3H,4H2,1-2H3,(H3,11,13,14,15). The van der Waals surface area contributed by atoms with Crippen molar-refractivity contribution in [2.75, 3.05) is 5.73 Å². The number of aromatic amines is 1. The molecule has 6 heteroatoms. The molecular formula is C10H12N4OS. The summed E-state index contributed by atoms with van der Waals surface area (Å²) in [5.74, 6) is 0.146. The van der Waals surface area contributed by atoms with Crippen LogP contribution in [0.15, 0.2) is 10.9 Å². The Kier molecular flexibility index (Phi) is 2.74. The van der Waals surface area contributed by atoms with Crippen LogP contribution >= 0.6 is 11.3 Å². The van der Waals surface area contributed by atoms with Crippen molar-refractivity contribution in [2.24, 2.45) is 0 Å². The van der Waals surface area contributed by atoms with Gasteiger partial charge in [-0.1, -0.05) is 0 Å². The molecule has 0 aliphatic rings. The topological polar surface area (TPSA) is 84.7 Å². The number of aromatic nitrogens is 3. The molecule has 0 saturated carbocycles. The third kappa shape index (κ3) is 2.27. The van der Waals surface area contributed by atoms with Crippen molar-refractivity contribution in [2.45, 2.75) is 20.3 Å². The van der Waals surface area contributed by atoms with Crippen molar-refractivity contribution in [3.63, 3.8) is 0 Å². The van der Waals surface area contributed by atoms with E-state index in [0.717, 1.165) is 10.7 Å². The molecule has 0 fully saturated rings. The van der Waals surface area contributed by atoms with E-state index in [4.69, 9.17) is 5.73 Å². The van der Waals surface area contributed by atoms with E-state index < -0.39 is 0 Å². The molecule has 2 aromatic heterocycles. The number of nitrogens with zero attached hydrogens (tertiary/aromatic N) is 2. The van der Waals surface area contributed by atoms with Gasteiger partial charge in [-0.2, -0.15) is 0 Å². The van der Waals surface area contributed by atoms with E-state index in [1.165, 1.54) is 10.9 Å². The van der Waals surface area contributed by atoms with Crippen molar-refractivity contribution in [1.82, 2.24) is 15.0 Å². The molecule has 0 saturated heterocycles. The lowest BCUT2D eigenvalue weighted by Gasteiger charge is -1.97. The number of nitrogens with two attached hydrogens (primary N) is 1. The second-order valence-corrected chi connectivity index (χ2v) is 4.84. The minimum Gasteiger partial charge on any atom is -0.369 e. The fourth-order valence-electron chi connectivity index (χ4n) is 1.39. The molecule has 0 aliphatic heterocycles. The van der Waals surface area contributed by atoms with Gasteiger partial charge in [0, 0.05) is 17.4 Å². The zero-order valence-electron chi connectivity index (χ0n) is 9.07. The van der Waals surface area contributed by atoms with Crippen molar-refractivity contribution >= 4 is 17.3 Å². The highest BCUT2D eigenvalue weighted by Crippen LogP contribution is 2.18. The Morgan fingerprint density at radius 3 is 2.75 bits per heavy atom. The van der Waals surface area contributed by atoms with E-state index in [1.807, 2.05) is 13.8 Å². The van der Waals surface area contributed by atoms with Crippen LogP contribution < -0.4 is 11.3 Å². The normalized spacial score (nSPS) is 10.6. The maximum atomic E-state index is 11.2. The van der Waals surface area contributed by atoms with Gasteiger partial charge in [0.1, 0.15) is 0 Å². The molecule has 2 heterocycles. The summed E-state index contributed by atoms with van der Waals surface area (Å²) in [5, 5.41) is 0.951. The van der Waals surface area contributed by atoms with Gasteiger partial charge in [0.25, 0.3) is 5.56 Å². The van der Waals surface area contributed by atoms with Gasteiger partial charge < -0.3 is 5.73 Å². The van der Waals surface area contributed by atoms with Gasteiger partial charge in [0.2, 0.25) is 5.95 Å². The predicted octanol–water partition coefficient (Wildman–Crippen LogP) is 1.02. The first-order chi connectivity index (χ1) is 7.54. The number of H-pyrrole nitrogens is 1. The summed E-state index contributed by atoms with van der Waals surface area (Å²) in [6, 6.07) is 1.45. The largest absolute Gasteiger partial charge is 0.369 e. The molecule has 2 aromatic rings. The molecule has 0 spiro atoms. The summed E-state index contributed by atoms with van der Waals surface area (Å²) in [7, 11) is 0. The van der Waals surface area contributed by atoms with E-state index in [0.29, 0.717) is 12.1 Å². The second kappa shape index (κ2) is 4.05. The maximum Gasteiger partial charge on any atom is 0.252 e. The molecule has 5 nitrogen and oxygen atoms in total. The SMILES string of the molecule is Cc1nc(Cc2cc(=O)[nH]c(N)n2)sc1C. The first kappa shape index (κ1) is 10.8. The van der Waals surface area contributed by atoms with E-state index in [9.17, 15) is 4.79 Å². The van der Waals surface area contributed by atoms with Crippen LogP contribution in [0.2, 0.25) is 0 Å². The smallest absolute Gasteiger partial charge is 0.252 e. The maximum absolute atomic E-state index is 11.2. The van der Waals surface area contributed by atoms with Crippen LogP contribution in [0, 0.1) is 13.8 Å². The molecule has 16 heavy (non-hydrogen) atoms. The molecule has 84 valence electrons. The summed E-state index contributed by atoms with van der Waals surface area (Å²) >= 11 is 1.62. The average Bonchev–Trinajstić information content (AvgIpc) is 2.43. The first-order valence-electron chi connectivity index (χ1n) is 4.83. The van der Waals surface area contributed by atoms with Gasteiger partial charge in [-0.15, -0.1) is 11.3 Å². The van der Waals surface area contributed by atoms with Crippen LogP contribution in [-0.4, -0.2) is 15.0 Å². The molecule has 0 aromatic carbocycles. The van der Waals surface area contributed by atoms with Gasteiger partial charge in [0.15, 0.2) is 0 Å². The number of hydrogen-bond donors (Lipinski definition) is 2. The lowest BCUT2D eigenvalue weighted by atomic mass is 10.3. The molecule has 0 amide bonds. The van der Waals surface area contributed by atoms with E-state index in [2.05, 4.69) is 15.0 Å². The molecular weight excluding hydrogens is 224 g/mol. The van der Waals surface area contributed by atoms with Gasteiger partial charge >= 0.3 is 0 Å². The summed E-state index contributed by atoms with van der Waals surface area (Å²) < 4.78 is 0. The van der Waals surface area contributed by atoms with E-state index in [-0.39, 0.29) is 11.5 Å². The summed E-state index contributed by atoms with van der Waals surface area (Å²) in [6.45, 7) is 3.99. The van der Waals surface area contributed by atoms with Crippen LogP contribution in [0.4, 0.5) is 5.95 Å². The van der Waals surface area contributed by atoms with Crippen molar-refractivity contribution in [1.29, 1.82) is 0 Å². The predicted molar refractivity (Wildman–Crippen MR) is 63.7 cm³/mol. The summed E-state index contributed by atoms with van der Waals surface area (Å²) in [4.78, 5) is 23.2. The van der Waals surface area contributed by atoms with Crippen LogP contribution in [0.3, 0.4) is 0 Å². The molecule has 2 rings (SSSR count). The lowest BCUT2D eigenvalue weighted by Crippen LogP contribution is -2.12. The molecule has 0 unspecified atom stereocenters. The molecule has 0 atom stereocenters. The number of thiazole rings is 1. The van der Waals surface area contributed by atoms with Gasteiger partial charge in [-0.3, -0.25) is 9.78 Å². The lowest BCUT2D eigenvalue weighted by molar-refractivity contribution is 0.997. The Bertz CT molecular complexity index is 553. The Morgan fingerprint density at radius 1 is 1.44 bits per heavy atom. The van der Waals surface area contributed by atoms with Gasteiger partial charge in [0.05, 0.1) is 16.4 Å². The summed E-state index contributed by atoms with van der Waals surface area (Å²) in [6.07, 6.45) is 0.549. The van der Waals surface area contributed by atoms with Crippen LogP contribution in [0.25, 0.3) is 0 Å². The van der Waals surface area contributed by atoms with Crippen molar-refractivity contribution in [3.8, 4) is 0 Å². The monoisotopic (exact) mass is 236 g/mol. The Balaban J connectivity index is 2.30. The second-order valence-electron chi connectivity index (χ2n) is 3.55. The molecule has 0 aliphatic carbocycles. The highest BCUT2D eigenvalue weighted by Gasteiger charge is 2.06. The number of aryl methyl sites for hydroxylation is 2. The van der Waals surface area contributed by atoms with Crippen LogP contribution in [0.1, 0.15) is 21.3 Å². The molecule has 3 N–H and O–H groups in total. The minimum absolute atomic E-state index is 0.146. The summed E-state index contributed by atoms with van der Waals surface area (Å²) in [5.41, 5.74) is 6.91. The highest BCUT2D eigenvalue weighted by molar-refractivity contribution is 7.11. The zero-order chi connectivity index (χ0) is 11.7. The first-order valence-corrected chi connectivity index (χ1v) is 5.65. The molecule has 0 radical (unpaired) electrons.